The summed E-state index contributed by atoms with van der Waals surface area (Å²) in [6, 6.07) is 6.21. The molecule has 1 saturated carbocycles. The fourth-order valence-corrected chi connectivity index (χ4v) is 1.33. The van der Waals surface area contributed by atoms with Crippen molar-refractivity contribution >= 4 is 0 Å². The van der Waals surface area contributed by atoms with Gasteiger partial charge in [-0.1, -0.05) is 6.07 Å². The number of nitrogens with two attached hydrogens (primary N) is 1. The lowest BCUT2D eigenvalue weighted by atomic mass is 10.2. The molecule has 0 saturated heterocycles. The molecule has 0 bridgehead atoms. The summed E-state index contributed by atoms with van der Waals surface area (Å²) in [4.78, 5) is 4.51. The maximum atomic E-state index is 5.74. The van der Waals surface area contributed by atoms with Crippen LogP contribution < -0.4 is 5.73 Å². The van der Waals surface area contributed by atoms with E-state index >= 15 is 0 Å². The highest BCUT2D eigenvalue weighted by molar-refractivity contribution is 5.19. The second-order valence-corrected chi connectivity index (χ2v) is 3.55. The molecule has 0 spiro atoms. The van der Waals surface area contributed by atoms with Crippen LogP contribution >= 0.6 is 0 Å². The minimum atomic E-state index is 0.0590. The van der Waals surface area contributed by atoms with Gasteiger partial charge in [0.25, 0.3) is 0 Å². The molecular formula is C10H14N2. The second-order valence-electron chi connectivity index (χ2n) is 3.55. The third kappa shape index (κ3) is 1.48. The van der Waals surface area contributed by atoms with Crippen LogP contribution in [-0.4, -0.2) is 4.98 Å². The molecular weight excluding hydrogens is 148 g/mol. The third-order valence-electron chi connectivity index (χ3n) is 2.25. The number of hydrogen-bond donors (Lipinski definition) is 1. The number of hydrogen-bond acceptors (Lipinski definition) is 2. The number of rotatable bonds is 2. The summed E-state index contributed by atoms with van der Waals surface area (Å²) >= 11 is 0. The molecule has 0 aromatic carbocycles. The highest BCUT2D eigenvalue weighted by Crippen LogP contribution is 2.38. The minimum Gasteiger partial charge on any atom is -0.323 e. The lowest BCUT2D eigenvalue weighted by Gasteiger charge is -2.05. The summed E-state index contributed by atoms with van der Waals surface area (Å²) in [5.41, 5.74) is 7.98. The van der Waals surface area contributed by atoms with E-state index in [1.165, 1.54) is 18.5 Å². The van der Waals surface area contributed by atoms with Gasteiger partial charge in [0.1, 0.15) is 0 Å². The van der Waals surface area contributed by atoms with E-state index in [-0.39, 0.29) is 6.04 Å². The molecule has 2 N–H and O–H groups in total. The van der Waals surface area contributed by atoms with Gasteiger partial charge in [0.15, 0.2) is 0 Å². The molecule has 1 aromatic heterocycles. The number of aromatic nitrogens is 1. The van der Waals surface area contributed by atoms with Crippen molar-refractivity contribution in [1.82, 2.24) is 4.98 Å². The van der Waals surface area contributed by atoms with E-state index in [4.69, 9.17) is 5.73 Å². The Bertz CT molecular complexity index is 260. The van der Waals surface area contributed by atoms with Crippen molar-refractivity contribution in [1.29, 1.82) is 0 Å². The molecule has 64 valence electrons. The van der Waals surface area contributed by atoms with Gasteiger partial charge in [-0.3, -0.25) is 4.98 Å². The average molecular weight is 162 g/mol. The molecule has 0 amide bonds. The molecule has 1 aliphatic rings. The first-order chi connectivity index (χ1) is 5.77. The normalized spacial score (nSPS) is 19.2. The van der Waals surface area contributed by atoms with Crippen molar-refractivity contribution in [3.05, 3.63) is 29.6 Å². The third-order valence-corrected chi connectivity index (χ3v) is 2.25. The number of pyridine rings is 1. The van der Waals surface area contributed by atoms with E-state index < -0.39 is 0 Å². The predicted molar refractivity (Wildman–Crippen MR) is 48.8 cm³/mol. The highest BCUT2D eigenvalue weighted by Gasteiger charge is 2.24. The zero-order valence-electron chi connectivity index (χ0n) is 7.33. The van der Waals surface area contributed by atoms with Gasteiger partial charge in [-0.2, -0.15) is 0 Å². The van der Waals surface area contributed by atoms with E-state index in [9.17, 15) is 0 Å². The van der Waals surface area contributed by atoms with Gasteiger partial charge in [-0.05, 0) is 31.9 Å². The summed E-state index contributed by atoms with van der Waals surface area (Å²) in [7, 11) is 0. The van der Waals surface area contributed by atoms with Crippen LogP contribution in [0.25, 0.3) is 0 Å². The van der Waals surface area contributed by atoms with Crippen LogP contribution in [0.1, 0.15) is 43.1 Å². The number of nitrogens with zero attached hydrogens (tertiary/aromatic N) is 1. The first-order valence-corrected chi connectivity index (χ1v) is 4.50. The molecule has 1 heterocycles. The van der Waals surface area contributed by atoms with E-state index in [2.05, 4.69) is 17.1 Å². The van der Waals surface area contributed by atoms with Crippen molar-refractivity contribution < 1.29 is 0 Å². The summed E-state index contributed by atoms with van der Waals surface area (Å²) in [5.74, 6) is 0.726. The SMILES string of the molecule is C[C@@H](N)c1cccc(C2CC2)n1. The zero-order chi connectivity index (χ0) is 8.55. The first-order valence-electron chi connectivity index (χ1n) is 4.50. The summed E-state index contributed by atoms with van der Waals surface area (Å²) in [6.45, 7) is 1.97. The quantitative estimate of drug-likeness (QED) is 0.722. The fourth-order valence-electron chi connectivity index (χ4n) is 1.33. The van der Waals surface area contributed by atoms with Gasteiger partial charge < -0.3 is 5.73 Å². The summed E-state index contributed by atoms with van der Waals surface area (Å²) < 4.78 is 0. The van der Waals surface area contributed by atoms with Crippen LogP contribution in [0.4, 0.5) is 0 Å². The Morgan fingerprint density at radius 3 is 2.83 bits per heavy atom. The predicted octanol–water partition coefficient (Wildman–Crippen LogP) is 1.98. The Morgan fingerprint density at radius 1 is 1.50 bits per heavy atom. The average Bonchev–Trinajstić information content (AvgIpc) is 2.87. The van der Waals surface area contributed by atoms with Crippen molar-refractivity contribution in [2.24, 2.45) is 5.73 Å². The van der Waals surface area contributed by atoms with Gasteiger partial charge in [-0.15, -0.1) is 0 Å². The van der Waals surface area contributed by atoms with Gasteiger partial charge in [0.05, 0.1) is 5.69 Å². The Hall–Kier alpha value is -0.890. The molecule has 0 unspecified atom stereocenters. The molecule has 1 fully saturated rings. The van der Waals surface area contributed by atoms with E-state index in [1.807, 2.05) is 13.0 Å². The topological polar surface area (TPSA) is 38.9 Å². The van der Waals surface area contributed by atoms with Crippen molar-refractivity contribution in [3.8, 4) is 0 Å². The Labute approximate surface area is 72.8 Å². The van der Waals surface area contributed by atoms with Crippen LogP contribution in [-0.2, 0) is 0 Å². The minimum absolute atomic E-state index is 0.0590. The largest absolute Gasteiger partial charge is 0.323 e. The van der Waals surface area contributed by atoms with E-state index in [0.29, 0.717) is 0 Å². The standard InChI is InChI=1S/C10H14N2/c1-7(11)9-3-2-4-10(12-9)8-5-6-8/h2-4,7-8H,5-6,11H2,1H3/t7-/m1/s1. The van der Waals surface area contributed by atoms with Gasteiger partial charge >= 0.3 is 0 Å². The maximum absolute atomic E-state index is 5.74. The molecule has 12 heavy (non-hydrogen) atoms. The Balaban J connectivity index is 2.26. The molecule has 2 rings (SSSR count). The summed E-state index contributed by atoms with van der Waals surface area (Å²) in [6.07, 6.45) is 2.60. The van der Waals surface area contributed by atoms with Gasteiger partial charge in [-0.25, -0.2) is 0 Å². The molecule has 1 aromatic rings. The van der Waals surface area contributed by atoms with Crippen LogP contribution in [0.5, 0.6) is 0 Å². The fraction of sp³-hybridized carbons (Fsp3) is 0.500. The molecule has 1 aliphatic carbocycles. The molecule has 2 nitrogen and oxygen atoms in total. The lowest BCUT2D eigenvalue weighted by Crippen LogP contribution is -2.07. The van der Waals surface area contributed by atoms with Gasteiger partial charge in [0, 0.05) is 17.7 Å². The van der Waals surface area contributed by atoms with Crippen molar-refractivity contribution in [2.75, 3.05) is 0 Å². The smallest absolute Gasteiger partial charge is 0.0571 e. The zero-order valence-corrected chi connectivity index (χ0v) is 7.33. The molecule has 1 atom stereocenters. The molecule has 0 radical (unpaired) electrons. The Kier molecular flexibility index (Phi) is 1.85. The van der Waals surface area contributed by atoms with Crippen molar-refractivity contribution in [3.63, 3.8) is 0 Å². The Morgan fingerprint density at radius 2 is 2.25 bits per heavy atom. The maximum Gasteiger partial charge on any atom is 0.0571 e. The molecule has 0 aliphatic heterocycles. The van der Waals surface area contributed by atoms with Gasteiger partial charge in [0.2, 0.25) is 0 Å². The van der Waals surface area contributed by atoms with E-state index in [1.54, 1.807) is 0 Å². The second kappa shape index (κ2) is 2.87. The van der Waals surface area contributed by atoms with Crippen LogP contribution in [0.2, 0.25) is 0 Å². The van der Waals surface area contributed by atoms with Crippen LogP contribution in [0.15, 0.2) is 18.2 Å². The van der Waals surface area contributed by atoms with Crippen LogP contribution in [0.3, 0.4) is 0 Å². The van der Waals surface area contributed by atoms with Crippen LogP contribution in [0, 0.1) is 0 Å². The van der Waals surface area contributed by atoms with E-state index in [0.717, 1.165) is 11.6 Å². The highest BCUT2D eigenvalue weighted by atomic mass is 14.8. The van der Waals surface area contributed by atoms with Crippen molar-refractivity contribution in [2.45, 2.75) is 31.7 Å². The lowest BCUT2D eigenvalue weighted by molar-refractivity contribution is 0.768. The summed E-state index contributed by atoms with van der Waals surface area (Å²) in [5, 5.41) is 0. The molecule has 2 heteroatoms. The first kappa shape index (κ1) is 7.74. The monoisotopic (exact) mass is 162 g/mol.